The molecule has 0 radical (unpaired) electrons. The predicted octanol–water partition coefficient (Wildman–Crippen LogP) is 3.46. The van der Waals surface area contributed by atoms with Crippen molar-refractivity contribution in [3.8, 4) is 0 Å². The van der Waals surface area contributed by atoms with Crippen LogP contribution in [-0.4, -0.2) is 17.6 Å². The molecule has 1 aliphatic rings. The quantitative estimate of drug-likeness (QED) is 0.907. The van der Waals surface area contributed by atoms with Crippen LogP contribution in [0.15, 0.2) is 30.3 Å². The number of nitrogens with zero attached hydrogens (tertiary/aromatic N) is 2. The van der Waals surface area contributed by atoms with Gasteiger partial charge in [-0.1, -0.05) is 31.0 Å². The van der Waals surface area contributed by atoms with Gasteiger partial charge in [0.1, 0.15) is 5.82 Å². The van der Waals surface area contributed by atoms with Crippen molar-refractivity contribution in [3.63, 3.8) is 0 Å². The fourth-order valence-electron chi connectivity index (χ4n) is 3.14. The Morgan fingerprint density at radius 2 is 2.10 bits per heavy atom. The van der Waals surface area contributed by atoms with Gasteiger partial charge in [-0.3, -0.25) is 0 Å². The third kappa shape index (κ3) is 2.50. The lowest BCUT2D eigenvalue weighted by Gasteiger charge is -2.30. The molecule has 0 bridgehead atoms. The Balaban J connectivity index is 2.08. The van der Waals surface area contributed by atoms with Crippen molar-refractivity contribution in [2.45, 2.75) is 45.2 Å². The first kappa shape index (κ1) is 13.4. The number of anilines is 1. The minimum atomic E-state index is 0.552. The molecule has 20 heavy (non-hydrogen) atoms. The van der Waals surface area contributed by atoms with Crippen molar-refractivity contribution in [2.75, 3.05) is 11.4 Å². The van der Waals surface area contributed by atoms with Crippen LogP contribution >= 0.6 is 0 Å². The Labute approximate surface area is 120 Å². The van der Waals surface area contributed by atoms with E-state index in [1.165, 1.54) is 31.1 Å². The second kappa shape index (κ2) is 5.80. The Morgan fingerprint density at radius 1 is 1.25 bits per heavy atom. The molecule has 0 aliphatic carbocycles. The number of hydrogen-bond donors (Lipinski definition) is 1. The molecule has 106 valence electrons. The highest BCUT2D eigenvalue weighted by atomic mass is 15.2. The Kier molecular flexibility index (Phi) is 3.88. The van der Waals surface area contributed by atoms with Gasteiger partial charge in [-0.05, 0) is 31.9 Å². The van der Waals surface area contributed by atoms with Gasteiger partial charge in [-0.25, -0.2) is 4.98 Å². The van der Waals surface area contributed by atoms with Crippen LogP contribution in [0.4, 0.5) is 5.82 Å². The zero-order chi connectivity index (χ0) is 13.9. The minimum absolute atomic E-state index is 0.552. The molecule has 0 spiro atoms. The van der Waals surface area contributed by atoms with Gasteiger partial charge in [0.05, 0.1) is 5.52 Å². The third-order valence-electron chi connectivity index (χ3n) is 4.32. The molecule has 0 amide bonds. The van der Waals surface area contributed by atoms with Crippen LogP contribution in [0.1, 0.15) is 38.2 Å². The summed E-state index contributed by atoms with van der Waals surface area (Å²) in [7, 11) is 0. The zero-order valence-electron chi connectivity index (χ0n) is 12.2. The van der Waals surface area contributed by atoms with Gasteiger partial charge in [0, 0.05) is 30.1 Å². The van der Waals surface area contributed by atoms with E-state index in [0.29, 0.717) is 12.6 Å². The number of fused-ring (bicyclic) bond motifs is 1. The van der Waals surface area contributed by atoms with Crippen LogP contribution in [0.25, 0.3) is 10.9 Å². The van der Waals surface area contributed by atoms with E-state index in [9.17, 15) is 0 Å². The van der Waals surface area contributed by atoms with Crippen LogP contribution in [0.3, 0.4) is 0 Å². The highest BCUT2D eigenvalue weighted by molar-refractivity contribution is 5.81. The van der Waals surface area contributed by atoms with E-state index in [1.807, 2.05) is 6.07 Å². The molecular weight excluding hydrogens is 246 g/mol. The van der Waals surface area contributed by atoms with Crippen molar-refractivity contribution >= 4 is 16.7 Å². The average Bonchev–Trinajstić information content (AvgIpc) is 2.70. The lowest BCUT2D eigenvalue weighted by Crippen LogP contribution is -2.34. The standard InChI is InChI=1S/C17H23N3/c1-13-7-3-2-6-10-20(13)17-15(12-18)11-14-8-4-5-9-16(14)19-17/h4-5,8-9,11,13H,2-3,6-7,10,12,18H2,1H3. The molecule has 2 aromatic rings. The molecule has 2 N–H and O–H groups in total. The summed E-state index contributed by atoms with van der Waals surface area (Å²) in [6.07, 6.45) is 5.15. The predicted molar refractivity (Wildman–Crippen MR) is 84.9 cm³/mol. The maximum absolute atomic E-state index is 5.97. The van der Waals surface area contributed by atoms with Gasteiger partial charge in [0.2, 0.25) is 0 Å². The fraction of sp³-hybridized carbons (Fsp3) is 0.471. The van der Waals surface area contributed by atoms with E-state index >= 15 is 0 Å². The summed E-state index contributed by atoms with van der Waals surface area (Å²) in [6, 6.07) is 11.1. The molecule has 0 saturated carbocycles. The van der Waals surface area contributed by atoms with Crippen molar-refractivity contribution in [1.29, 1.82) is 0 Å². The fourth-order valence-corrected chi connectivity index (χ4v) is 3.14. The second-order valence-electron chi connectivity index (χ2n) is 5.76. The molecule has 3 rings (SSSR count). The van der Waals surface area contributed by atoms with Crippen molar-refractivity contribution in [2.24, 2.45) is 5.73 Å². The van der Waals surface area contributed by atoms with Gasteiger partial charge in [-0.15, -0.1) is 0 Å². The SMILES string of the molecule is CC1CCCCCN1c1nc2ccccc2cc1CN. The average molecular weight is 269 g/mol. The molecule has 1 aliphatic heterocycles. The molecule has 1 fully saturated rings. The molecule has 3 nitrogen and oxygen atoms in total. The molecule has 1 aromatic heterocycles. The molecular formula is C17H23N3. The number of benzene rings is 1. The molecule has 1 atom stereocenters. The third-order valence-corrected chi connectivity index (χ3v) is 4.32. The zero-order valence-corrected chi connectivity index (χ0v) is 12.2. The number of para-hydroxylation sites is 1. The summed E-state index contributed by atoms with van der Waals surface area (Å²) >= 11 is 0. The van der Waals surface area contributed by atoms with Crippen LogP contribution < -0.4 is 10.6 Å². The molecule has 1 unspecified atom stereocenters. The van der Waals surface area contributed by atoms with Crippen LogP contribution in [0.5, 0.6) is 0 Å². The lowest BCUT2D eigenvalue weighted by molar-refractivity contribution is 0.610. The summed E-state index contributed by atoms with van der Waals surface area (Å²) in [6.45, 7) is 3.96. The number of rotatable bonds is 2. The number of nitrogens with two attached hydrogens (primary N) is 1. The maximum Gasteiger partial charge on any atom is 0.134 e. The normalized spacial score (nSPS) is 20.1. The first-order chi connectivity index (χ1) is 9.79. The van der Waals surface area contributed by atoms with Gasteiger partial charge in [0.15, 0.2) is 0 Å². The highest BCUT2D eigenvalue weighted by Crippen LogP contribution is 2.28. The topological polar surface area (TPSA) is 42.2 Å². The Morgan fingerprint density at radius 3 is 2.95 bits per heavy atom. The summed E-state index contributed by atoms with van der Waals surface area (Å²) in [5, 5.41) is 1.18. The minimum Gasteiger partial charge on any atom is -0.354 e. The molecule has 2 heterocycles. The van der Waals surface area contributed by atoms with Crippen LogP contribution in [0, 0.1) is 0 Å². The first-order valence-corrected chi connectivity index (χ1v) is 7.65. The van der Waals surface area contributed by atoms with Gasteiger partial charge in [0.25, 0.3) is 0 Å². The van der Waals surface area contributed by atoms with E-state index in [0.717, 1.165) is 23.4 Å². The maximum atomic E-state index is 5.97. The van der Waals surface area contributed by atoms with Gasteiger partial charge >= 0.3 is 0 Å². The van der Waals surface area contributed by atoms with Crippen LogP contribution in [-0.2, 0) is 6.54 Å². The summed E-state index contributed by atoms with van der Waals surface area (Å²) in [4.78, 5) is 7.37. The number of aromatic nitrogens is 1. The largest absolute Gasteiger partial charge is 0.354 e. The smallest absolute Gasteiger partial charge is 0.134 e. The van der Waals surface area contributed by atoms with Gasteiger partial charge in [-0.2, -0.15) is 0 Å². The van der Waals surface area contributed by atoms with Crippen molar-refractivity contribution in [3.05, 3.63) is 35.9 Å². The Hall–Kier alpha value is -1.61. The first-order valence-electron chi connectivity index (χ1n) is 7.65. The molecule has 1 saturated heterocycles. The second-order valence-corrected chi connectivity index (χ2v) is 5.76. The van der Waals surface area contributed by atoms with Crippen molar-refractivity contribution in [1.82, 2.24) is 4.98 Å². The van der Waals surface area contributed by atoms with Gasteiger partial charge < -0.3 is 10.6 Å². The number of pyridine rings is 1. The highest BCUT2D eigenvalue weighted by Gasteiger charge is 2.21. The van der Waals surface area contributed by atoms with E-state index in [2.05, 4.69) is 36.1 Å². The summed E-state index contributed by atoms with van der Waals surface area (Å²) in [5.74, 6) is 1.10. The van der Waals surface area contributed by atoms with E-state index in [-0.39, 0.29) is 0 Å². The monoisotopic (exact) mass is 269 g/mol. The van der Waals surface area contributed by atoms with E-state index < -0.39 is 0 Å². The summed E-state index contributed by atoms with van der Waals surface area (Å²) in [5.41, 5.74) is 8.20. The lowest BCUT2D eigenvalue weighted by atomic mass is 10.1. The summed E-state index contributed by atoms with van der Waals surface area (Å²) < 4.78 is 0. The molecule has 1 aromatic carbocycles. The number of hydrogen-bond acceptors (Lipinski definition) is 3. The van der Waals surface area contributed by atoms with E-state index in [4.69, 9.17) is 10.7 Å². The Bertz CT molecular complexity index is 594. The molecule has 3 heteroatoms. The van der Waals surface area contributed by atoms with E-state index in [1.54, 1.807) is 0 Å². The van der Waals surface area contributed by atoms with Crippen LogP contribution in [0.2, 0.25) is 0 Å². The van der Waals surface area contributed by atoms with Crippen molar-refractivity contribution < 1.29 is 0 Å².